The number of carbonyl (C=O) groups is 1. The summed E-state index contributed by atoms with van der Waals surface area (Å²) in [7, 11) is 1.61. The number of hydrogen-bond donors (Lipinski definition) is 1. The summed E-state index contributed by atoms with van der Waals surface area (Å²) in [6.45, 7) is 3.02. The van der Waals surface area contributed by atoms with Crippen molar-refractivity contribution in [2.24, 2.45) is 0 Å². The molecule has 0 saturated carbocycles. The summed E-state index contributed by atoms with van der Waals surface area (Å²) in [5, 5.41) is 6.62. The van der Waals surface area contributed by atoms with Crippen LogP contribution in [0.15, 0.2) is 10.8 Å². The smallest absolute Gasteiger partial charge is 0.252 e. The predicted molar refractivity (Wildman–Crippen MR) is 67.5 cm³/mol. The van der Waals surface area contributed by atoms with Crippen LogP contribution in [0.1, 0.15) is 22.3 Å². The van der Waals surface area contributed by atoms with Crippen LogP contribution in [0.2, 0.25) is 0 Å². The van der Waals surface area contributed by atoms with Gasteiger partial charge in [0.1, 0.15) is 0 Å². The van der Waals surface area contributed by atoms with E-state index < -0.39 is 0 Å². The Hall–Kier alpha value is -0.580. The van der Waals surface area contributed by atoms with Gasteiger partial charge in [0.2, 0.25) is 0 Å². The highest BCUT2D eigenvalue weighted by Gasteiger charge is 2.10. The van der Waals surface area contributed by atoms with Crippen molar-refractivity contribution in [2.45, 2.75) is 18.7 Å². The highest BCUT2D eigenvalue weighted by Crippen LogP contribution is 2.13. The minimum atomic E-state index is -0.0473. The number of amides is 1. The summed E-state index contributed by atoms with van der Waals surface area (Å²) in [5.74, 6) is -0.0277. The van der Waals surface area contributed by atoms with Crippen molar-refractivity contribution in [1.82, 2.24) is 5.32 Å². The van der Waals surface area contributed by atoms with Gasteiger partial charge < -0.3 is 10.1 Å². The van der Waals surface area contributed by atoms with E-state index in [1.54, 1.807) is 7.11 Å². The molecule has 16 heavy (non-hydrogen) atoms. The first-order valence-electron chi connectivity index (χ1n) is 5.09. The van der Waals surface area contributed by atoms with Gasteiger partial charge in [-0.2, -0.15) is 11.3 Å². The molecule has 1 unspecified atom stereocenters. The molecule has 1 rings (SSSR count). The summed E-state index contributed by atoms with van der Waals surface area (Å²) in [6.07, 6.45) is 0.713. The zero-order chi connectivity index (χ0) is 12.0. The average molecular weight is 262 g/mol. The third-order valence-electron chi connectivity index (χ3n) is 2.19. The van der Waals surface area contributed by atoms with E-state index in [1.807, 2.05) is 17.7 Å². The minimum absolute atomic E-state index is 0.0277. The minimum Gasteiger partial charge on any atom is -0.383 e. The quantitative estimate of drug-likeness (QED) is 0.799. The first-order chi connectivity index (χ1) is 7.65. The predicted octanol–water partition coefficient (Wildman–Crippen LogP) is 2.43. The van der Waals surface area contributed by atoms with Crippen molar-refractivity contribution in [3.63, 3.8) is 0 Å². The number of methoxy groups -OCH3 is 1. The van der Waals surface area contributed by atoms with Crippen molar-refractivity contribution < 1.29 is 9.53 Å². The second-order valence-electron chi connectivity index (χ2n) is 3.57. The molecule has 3 nitrogen and oxygen atoms in total. The third-order valence-corrected chi connectivity index (χ3v) is 3.40. The zero-order valence-electron chi connectivity index (χ0n) is 9.46. The van der Waals surface area contributed by atoms with Crippen molar-refractivity contribution >= 4 is 28.8 Å². The molecule has 1 aromatic heterocycles. The average Bonchev–Trinajstić information content (AvgIpc) is 2.64. The third kappa shape index (κ3) is 4.12. The van der Waals surface area contributed by atoms with Gasteiger partial charge in [-0.15, -0.1) is 11.6 Å². The molecule has 1 amide bonds. The molecule has 0 bridgehead atoms. The lowest BCUT2D eigenvalue weighted by molar-refractivity contribution is 0.0951. The molecular formula is C11H16ClNO2S. The molecule has 0 fully saturated rings. The highest BCUT2D eigenvalue weighted by atomic mass is 35.5. The maximum atomic E-state index is 11.7. The molecule has 1 atom stereocenters. The lowest BCUT2D eigenvalue weighted by Gasteiger charge is -2.09. The van der Waals surface area contributed by atoms with Gasteiger partial charge in [0.05, 0.1) is 17.5 Å². The number of rotatable bonds is 6. The molecule has 0 aliphatic carbocycles. The number of hydrogen-bond acceptors (Lipinski definition) is 3. The number of thiophene rings is 1. The lowest BCUT2D eigenvalue weighted by atomic mass is 10.2. The Morgan fingerprint density at radius 2 is 2.38 bits per heavy atom. The molecule has 1 heterocycles. The van der Waals surface area contributed by atoms with Crippen LogP contribution >= 0.6 is 22.9 Å². The van der Waals surface area contributed by atoms with Crippen LogP contribution in [0.4, 0.5) is 0 Å². The first-order valence-corrected chi connectivity index (χ1v) is 6.47. The topological polar surface area (TPSA) is 38.3 Å². The summed E-state index contributed by atoms with van der Waals surface area (Å²) < 4.78 is 4.91. The van der Waals surface area contributed by atoms with Crippen LogP contribution in [0, 0.1) is 6.92 Å². The Morgan fingerprint density at radius 3 is 2.94 bits per heavy atom. The molecule has 0 saturated heterocycles. The van der Waals surface area contributed by atoms with E-state index in [2.05, 4.69) is 5.32 Å². The Morgan fingerprint density at radius 1 is 1.62 bits per heavy atom. The van der Waals surface area contributed by atoms with Gasteiger partial charge in [-0.1, -0.05) is 0 Å². The Balaban J connectivity index is 2.29. The number of carbonyl (C=O) groups excluding carboxylic acids is 1. The fraction of sp³-hybridized carbons (Fsp3) is 0.545. The van der Waals surface area contributed by atoms with Crippen molar-refractivity contribution in [3.8, 4) is 0 Å². The number of ether oxygens (including phenoxy) is 1. The second kappa shape index (κ2) is 6.89. The van der Waals surface area contributed by atoms with E-state index in [-0.39, 0.29) is 11.3 Å². The van der Waals surface area contributed by atoms with E-state index in [4.69, 9.17) is 16.3 Å². The summed E-state index contributed by atoms with van der Waals surface area (Å²) >= 11 is 7.48. The maximum absolute atomic E-state index is 11.7. The normalized spacial score (nSPS) is 12.4. The zero-order valence-corrected chi connectivity index (χ0v) is 11.0. The van der Waals surface area contributed by atoms with Crippen LogP contribution in [-0.4, -0.2) is 31.5 Å². The number of alkyl halides is 1. The van der Waals surface area contributed by atoms with Crippen molar-refractivity contribution in [3.05, 3.63) is 21.9 Å². The number of halogens is 1. The summed E-state index contributed by atoms with van der Waals surface area (Å²) in [5.41, 5.74) is 1.77. The molecule has 1 aromatic rings. The summed E-state index contributed by atoms with van der Waals surface area (Å²) in [4.78, 5) is 11.7. The molecule has 1 N–H and O–H groups in total. The maximum Gasteiger partial charge on any atom is 0.252 e. The van der Waals surface area contributed by atoms with E-state index in [9.17, 15) is 4.79 Å². The van der Waals surface area contributed by atoms with Gasteiger partial charge in [0, 0.05) is 19.0 Å². The second-order valence-corrected chi connectivity index (χ2v) is 4.93. The fourth-order valence-electron chi connectivity index (χ4n) is 1.29. The SMILES string of the molecule is COCC(Cl)CCNC(=O)c1cscc1C. The van der Waals surface area contributed by atoms with Crippen LogP contribution in [0.25, 0.3) is 0 Å². The molecule has 0 aliphatic rings. The van der Waals surface area contributed by atoms with Crippen LogP contribution in [0.3, 0.4) is 0 Å². The van der Waals surface area contributed by atoms with Gasteiger partial charge in [-0.3, -0.25) is 4.79 Å². The van der Waals surface area contributed by atoms with Gasteiger partial charge in [-0.25, -0.2) is 0 Å². The van der Waals surface area contributed by atoms with E-state index in [0.29, 0.717) is 19.6 Å². The monoisotopic (exact) mass is 261 g/mol. The lowest BCUT2D eigenvalue weighted by Crippen LogP contribution is -2.27. The summed E-state index contributed by atoms with van der Waals surface area (Å²) in [6, 6.07) is 0. The van der Waals surface area contributed by atoms with Crippen LogP contribution in [-0.2, 0) is 4.74 Å². The fourth-order valence-corrected chi connectivity index (χ4v) is 2.36. The number of nitrogens with one attached hydrogen (secondary N) is 1. The molecule has 5 heteroatoms. The Bertz CT molecular complexity index is 340. The van der Waals surface area contributed by atoms with Crippen molar-refractivity contribution in [2.75, 3.05) is 20.3 Å². The molecule has 0 radical (unpaired) electrons. The van der Waals surface area contributed by atoms with Gasteiger partial charge in [0.25, 0.3) is 5.91 Å². The van der Waals surface area contributed by atoms with Gasteiger partial charge in [0.15, 0.2) is 0 Å². The van der Waals surface area contributed by atoms with Crippen LogP contribution in [0.5, 0.6) is 0 Å². The standard InChI is InChI=1S/C11H16ClNO2S/c1-8-6-16-7-10(8)11(14)13-4-3-9(12)5-15-2/h6-7,9H,3-5H2,1-2H3,(H,13,14). The number of aryl methyl sites for hydroxylation is 1. The Kier molecular flexibility index (Phi) is 5.80. The van der Waals surface area contributed by atoms with Crippen LogP contribution < -0.4 is 5.32 Å². The van der Waals surface area contributed by atoms with E-state index >= 15 is 0 Å². The van der Waals surface area contributed by atoms with Crippen molar-refractivity contribution in [1.29, 1.82) is 0 Å². The molecule has 0 aromatic carbocycles. The molecule has 0 aliphatic heterocycles. The Labute approximate surface area is 105 Å². The highest BCUT2D eigenvalue weighted by molar-refractivity contribution is 7.08. The van der Waals surface area contributed by atoms with Gasteiger partial charge >= 0.3 is 0 Å². The van der Waals surface area contributed by atoms with E-state index in [0.717, 1.165) is 11.1 Å². The molecule has 90 valence electrons. The first kappa shape index (κ1) is 13.5. The van der Waals surface area contributed by atoms with E-state index in [1.165, 1.54) is 11.3 Å². The molecule has 0 spiro atoms. The largest absolute Gasteiger partial charge is 0.383 e. The van der Waals surface area contributed by atoms with Gasteiger partial charge in [-0.05, 0) is 24.3 Å². The molecular weight excluding hydrogens is 246 g/mol.